The highest BCUT2D eigenvalue weighted by molar-refractivity contribution is 8.24. The molecule has 0 aliphatic carbocycles. The normalized spacial score (nSPS) is 19.8. The van der Waals surface area contributed by atoms with Crippen molar-refractivity contribution in [2.75, 3.05) is 25.6 Å². The highest BCUT2D eigenvalue weighted by Crippen LogP contribution is 2.49. The summed E-state index contributed by atoms with van der Waals surface area (Å²) in [4.78, 5) is 18.7. The molecule has 8 heteroatoms. The summed E-state index contributed by atoms with van der Waals surface area (Å²) in [6, 6.07) is 6.13. The van der Waals surface area contributed by atoms with Gasteiger partial charge in [-0.15, -0.1) is 11.3 Å². The van der Waals surface area contributed by atoms with E-state index in [4.69, 9.17) is 5.73 Å². The summed E-state index contributed by atoms with van der Waals surface area (Å²) >= 11 is 1.71. The Morgan fingerprint density at radius 2 is 2.10 bits per heavy atom. The minimum Gasteiger partial charge on any atom is -0.366 e. The monoisotopic (exact) mass is 433 g/mol. The number of fused-ring (bicyclic) bond motifs is 1. The van der Waals surface area contributed by atoms with E-state index in [1.54, 1.807) is 11.3 Å². The average molecular weight is 434 g/mol. The fourth-order valence-corrected chi connectivity index (χ4v) is 7.04. The van der Waals surface area contributed by atoms with E-state index in [1.807, 2.05) is 26.4 Å². The molecule has 6 nitrogen and oxygen atoms in total. The molecule has 5 N–H and O–H groups in total. The van der Waals surface area contributed by atoms with E-state index < -0.39 is 16.5 Å². The fourth-order valence-electron chi connectivity index (χ4n) is 4.12. The number of amides is 1. The van der Waals surface area contributed by atoms with Gasteiger partial charge in [-0.1, -0.05) is 0 Å². The Morgan fingerprint density at radius 1 is 1.31 bits per heavy atom. The molecular formula is C21H27N3O3S2. The summed E-state index contributed by atoms with van der Waals surface area (Å²) < 4.78 is 19.9. The second-order valence-corrected chi connectivity index (χ2v) is 11.5. The van der Waals surface area contributed by atoms with Crippen LogP contribution in [0.3, 0.4) is 0 Å². The Balaban J connectivity index is 1.72. The molecule has 1 aliphatic rings. The van der Waals surface area contributed by atoms with Crippen LogP contribution in [-0.4, -0.2) is 50.5 Å². The zero-order valence-electron chi connectivity index (χ0n) is 16.6. The Labute approximate surface area is 176 Å². The van der Waals surface area contributed by atoms with Crippen molar-refractivity contribution in [2.45, 2.75) is 19.4 Å². The second kappa shape index (κ2) is 7.77. The van der Waals surface area contributed by atoms with Gasteiger partial charge in [-0.2, -0.15) is 10.6 Å². The number of nitrogens with zero attached hydrogens (tertiary/aromatic N) is 1. The molecule has 2 aromatic heterocycles. The zero-order chi connectivity index (χ0) is 20.8. The van der Waals surface area contributed by atoms with E-state index in [0.717, 1.165) is 47.0 Å². The van der Waals surface area contributed by atoms with Gasteiger partial charge in [0.2, 0.25) is 0 Å². The minimum atomic E-state index is -2.42. The lowest BCUT2D eigenvalue weighted by molar-refractivity contribution is 0.100. The standard InChI is InChI=1S/C21H27N3O3S2/c1-24(2)10-17-6-16(11-28-17)14-7-18-15(5-13-3-4-29(26,27)12-13)9-23-20(18)19(8-14)21(22)25/h6-9,11,13,23,26-27H,3-5,10,12H2,1-2H3,(H2,22,25). The van der Waals surface area contributed by atoms with Crippen molar-refractivity contribution in [1.29, 1.82) is 0 Å². The summed E-state index contributed by atoms with van der Waals surface area (Å²) in [6.45, 7) is 0.874. The lowest BCUT2D eigenvalue weighted by Crippen LogP contribution is -2.11. The summed E-state index contributed by atoms with van der Waals surface area (Å²) in [5.74, 6) is 0.735. The summed E-state index contributed by atoms with van der Waals surface area (Å²) in [5, 5.41) is 3.10. The largest absolute Gasteiger partial charge is 0.366 e. The lowest BCUT2D eigenvalue weighted by Gasteiger charge is -2.26. The first kappa shape index (κ1) is 20.4. The summed E-state index contributed by atoms with van der Waals surface area (Å²) in [6.07, 6.45) is 3.50. The predicted octanol–water partition coefficient (Wildman–Crippen LogP) is 4.37. The molecule has 0 bridgehead atoms. The number of primary amides is 1. The number of rotatable bonds is 6. The van der Waals surface area contributed by atoms with Crippen molar-refractivity contribution < 1.29 is 13.9 Å². The molecule has 3 heterocycles. The Kier molecular flexibility index (Phi) is 5.48. The summed E-state index contributed by atoms with van der Waals surface area (Å²) in [7, 11) is 1.67. The van der Waals surface area contributed by atoms with Gasteiger partial charge >= 0.3 is 0 Å². The smallest absolute Gasteiger partial charge is 0.250 e. The molecule has 1 aromatic carbocycles. The van der Waals surface area contributed by atoms with E-state index >= 15 is 0 Å². The predicted molar refractivity (Wildman–Crippen MR) is 122 cm³/mol. The fraction of sp³-hybridized carbons (Fsp3) is 0.381. The molecule has 1 amide bonds. The average Bonchev–Trinajstić information content (AvgIpc) is 3.33. The van der Waals surface area contributed by atoms with Crippen LogP contribution in [-0.2, 0) is 13.0 Å². The molecule has 156 valence electrons. The molecule has 3 aromatic rings. The zero-order valence-corrected chi connectivity index (χ0v) is 18.3. The second-order valence-electron chi connectivity index (χ2n) is 8.20. The first-order valence-corrected chi connectivity index (χ1v) is 12.4. The van der Waals surface area contributed by atoms with Crippen LogP contribution >= 0.6 is 21.9 Å². The van der Waals surface area contributed by atoms with Crippen molar-refractivity contribution in [3.63, 3.8) is 0 Å². The van der Waals surface area contributed by atoms with E-state index in [9.17, 15) is 13.9 Å². The number of thiophene rings is 1. The van der Waals surface area contributed by atoms with Crippen LogP contribution in [0.5, 0.6) is 0 Å². The van der Waals surface area contributed by atoms with Gasteiger partial charge in [0, 0.05) is 34.5 Å². The van der Waals surface area contributed by atoms with Crippen LogP contribution < -0.4 is 5.73 Å². The maximum Gasteiger partial charge on any atom is 0.250 e. The topological polar surface area (TPSA) is 103 Å². The van der Waals surface area contributed by atoms with Crippen LogP contribution in [0, 0.1) is 5.92 Å². The SMILES string of the molecule is CN(C)Cc1cc(-c2cc(C(N)=O)c3[nH]cc(CC4CCS(O)(O)C4)c3c2)cs1. The highest BCUT2D eigenvalue weighted by Gasteiger charge is 2.29. The Hall–Kier alpha value is -1.84. The van der Waals surface area contributed by atoms with Gasteiger partial charge in [0.15, 0.2) is 0 Å². The van der Waals surface area contributed by atoms with E-state index in [2.05, 4.69) is 27.4 Å². The number of nitrogens with two attached hydrogens (primary N) is 1. The van der Waals surface area contributed by atoms with Gasteiger partial charge in [-0.05, 0) is 73.1 Å². The Morgan fingerprint density at radius 3 is 2.76 bits per heavy atom. The van der Waals surface area contributed by atoms with Crippen LogP contribution in [0.2, 0.25) is 0 Å². The van der Waals surface area contributed by atoms with Gasteiger partial charge in [-0.25, -0.2) is 0 Å². The minimum absolute atomic E-state index is 0.243. The first-order chi connectivity index (χ1) is 13.7. The number of nitrogens with one attached hydrogen (secondary N) is 1. The van der Waals surface area contributed by atoms with Crippen LogP contribution in [0.1, 0.15) is 27.2 Å². The molecule has 1 aliphatic heterocycles. The van der Waals surface area contributed by atoms with E-state index in [1.165, 1.54) is 4.88 Å². The molecule has 4 rings (SSSR count). The number of H-pyrrole nitrogens is 1. The van der Waals surface area contributed by atoms with Gasteiger partial charge in [0.05, 0.1) is 11.1 Å². The lowest BCUT2D eigenvalue weighted by atomic mass is 9.95. The maximum atomic E-state index is 12.1. The number of benzene rings is 1. The van der Waals surface area contributed by atoms with Gasteiger partial charge in [-0.3, -0.25) is 13.9 Å². The van der Waals surface area contributed by atoms with Crippen molar-refractivity contribution in [1.82, 2.24) is 9.88 Å². The molecule has 29 heavy (non-hydrogen) atoms. The van der Waals surface area contributed by atoms with Crippen LogP contribution in [0.4, 0.5) is 0 Å². The van der Waals surface area contributed by atoms with Gasteiger partial charge in [0.1, 0.15) is 0 Å². The number of hydrogen-bond acceptors (Lipinski definition) is 5. The molecule has 0 spiro atoms. The Bertz CT molecular complexity index is 1050. The van der Waals surface area contributed by atoms with Gasteiger partial charge in [0.25, 0.3) is 5.91 Å². The quantitative estimate of drug-likeness (QED) is 0.463. The third-order valence-corrected chi connectivity index (χ3v) is 8.28. The van der Waals surface area contributed by atoms with Crippen LogP contribution in [0.15, 0.2) is 29.8 Å². The third kappa shape index (κ3) is 4.36. The number of carbonyl (C=O) groups excluding carboxylic acids is 1. The van der Waals surface area contributed by atoms with Gasteiger partial charge < -0.3 is 15.6 Å². The van der Waals surface area contributed by atoms with Crippen molar-refractivity contribution in [3.05, 3.63) is 45.8 Å². The van der Waals surface area contributed by atoms with Crippen molar-refractivity contribution in [3.8, 4) is 11.1 Å². The molecule has 1 unspecified atom stereocenters. The molecule has 1 atom stereocenters. The third-order valence-electron chi connectivity index (χ3n) is 5.46. The maximum absolute atomic E-state index is 12.1. The molecule has 1 fully saturated rings. The number of aromatic amines is 1. The number of hydrogen-bond donors (Lipinski definition) is 4. The molecule has 1 saturated heterocycles. The molecular weight excluding hydrogens is 406 g/mol. The summed E-state index contributed by atoms with van der Waals surface area (Å²) in [5.41, 5.74) is 10.1. The molecule has 0 radical (unpaired) electrons. The van der Waals surface area contributed by atoms with Crippen molar-refractivity contribution in [2.24, 2.45) is 11.7 Å². The molecule has 0 saturated carbocycles. The van der Waals surface area contributed by atoms with E-state index in [-0.39, 0.29) is 5.92 Å². The number of carbonyl (C=O) groups is 1. The van der Waals surface area contributed by atoms with Crippen molar-refractivity contribution >= 4 is 38.7 Å². The number of aromatic nitrogens is 1. The first-order valence-electron chi connectivity index (χ1n) is 9.62. The van der Waals surface area contributed by atoms with Crippen LogP contribution in [0.25, 0.3) is 22.0 Å². The van der Waals surface area contributed by atoms with E-state index in [0.29, 0.717) is 17.1 Å². The highest BCUT2D eigenvalue weighted by atomic mass is 32.3.